The monoisotopic (exact) mass is 436 g/mol. The van der Waals surface area contributed by atoms with E-state index in [-0.39, 0.29) is 0 Å². The Morgan fingerprint density at radius 1 is 0.909 bits per heavy atom. The number of aromatic nitrogens is 2. The molecule has 0 unspecified atom stereocenters. The minimum Gasteiger partial charge on any atom is -0.456 e. The number of benzene rings is 2. The molecule has 7 heteroatoms. The van der Waals surface area contributed by atoms with Crippen LogP contribution >= 0.6 is 0 Å². The van der Waals surface area contributed by atoms with Crippen LogP contribution in [-0.2, 0) is 4.74 Å². The second-order valence-electron chi connectivity index (χ2n) is 8.35. The molecule has 33 heavy (non-hydrogen) atoms. The van der Waals surface area contributed by atoms with E-state index >= 15 is 0 Å². The first kappa shape index (κ1) is 21.6. The minimum absolute atomic E-state index is 0.441. The van der Waals surface area contributed by atoms with Gasteiger partial charge in [-0.3, -0.25) is 4.98 Å². The summed E-state index contributed by atoms with van der Waals surface area (Å²) in [5, 5.41) is 19.0. The normalized spacial score (nSPS) is 10.9. The maximum Gasteiger partial charge on any atom is 0.419 e. The average Bonchev–Trinajstić information content (AvgIpc) is 3.17. The highest BCUT2D eigenvalue weighted by Gasteiger charge is 2.23. The Hall–Kier alpha value is -4.62. The van der Waals surface area contributed by atoms with Gasteiger partial charge in [-0.05, 0) is 75.4 Å². The molecular weight excluding hydrogens is 416 g/mol. The van der Waals surface area contributed by atoms with Crippen LogP contribution in [0.25, 0.3) is 22.3 Å². The molecule has 0 aliphatic rings. The summed E-state index contributed by atoms with van der Waals surface area (Å²) in [4.78, 5) is 17.6. The molecule has 4 rings (SSSR count). The summed E-state index contributed by atoms with van der Waals surface area (Å²) in [6.45, 7) is 5.39. The van der Waals surface area contributed by atoms with Crippen molar-refractivity contribution in [3.8, 4) is 35.0 Å². The molecule has 162 valence electrons. The first-order valence-electron chi connectivity index (χ1n) is 10.2. The molecule has 0 saturated heterocycles. The molecule has 4 aromatic rings. The number of pyridine rings is 1. The van der Waals surface area contributed by atoms with Gasteiger partial charge in [0.05, 0.1) is 46.4 Å². The van der Waals surface area contributed by atoms with E-state index in [1.165, 1.54) is 4.57 Å². The fourth-order valence-electron chi connectivity index (χ4n) is 3.29. The number of carbonyl (C=O) groups excluding carboxylic acids is 1. The molecule has 0 fully saturated rings. The van der Waals surface area contributed by atoms with Crippen LogP contribution in [0, 0.1) is 22.7 Å². The molecule has 0 amide bonds. The molecule has 2 heterocycles. The fourth-order valence-corrected chi connectivity index (χ4v) is 3.29. The van der Waals surface area contributed by atoms with E-state index in [2.05, 4.69) is 17.1 Å². The zero-order valence-electron chi connectivity index (χ0n) is 18.4. The zero-order chi connectivity index (χ0) is 23.6. The van der Waals surface area contributed by atoms with Gasteiger partial charge in [-0.15, -0.1) is 0 Å². The molecule has 7 nitrogen and oxygen atoms in total. The summed E-state index contributed by atoms with van der Waals surface area (Å²) in [6.07, 6.45) is 1.01. The lowest BCUT2D eigenvalue weighted by Gasteiger charge is -2.21. The van der Waals surface area contributed by atoms with E-state index in [1.807, 2.05) is 6.07 Å². The largest absolute Gasteiger partial charge is 0.456 e. The van der Waals surface area contributed by atoms with Gasteiger partial charge in [-0.2, -0.15) is 10.5 Å². The highest BCUT2D eigenvalue weighted by atomic mass is 16.6. The topological polar surface area (TPSA) is 101 Å². The molecular formula is C26H20N4O3. The van der Waals surface area contributed by atoms with Gasteiger partial charge in [0.2, 0.25) is 0 Å². The van der Waals surface area contributed by atoms with Gasteiger partial charge in [-0.25, -0.2) is 9.36 Å². The third kappa shape index (κ3) is 4.68. The second-order valence-corrected chi connectivity index (χ2v) is 8.35. The molecule has 0 radical (unpaired) electrons. The lowest BCUT2D eigenvalue weighted by molar-refractivity contribution is 0.0547. The Balaban J connectivity index is 1.72. The molecule has 0 spiro atoms. The van der Waals surface area contributed by atoms with Crippen molar-refractivity contribution < 1.29 is 14.3 Å². The van der Waals surface area contributed by atoms with Crippen LogP contribution in [0.1, 0.15) is 31.9 Å². The van der Waals surface area contributed by atoms with E-state index in [1.54, 1.807) is 81.6 Å². The van der Waals surface area contributed by atoms with E-state index in [9.17, 15) is 10.1 Å². The summed E-state index contributed by atoms with van der Waals surface area (Å²) >= 11 is 0. The maximum absolute atomic E-state index is 13.1. The van der Waals surface area contributed by atoms with Crippen LogP contribution in [0.3, 0.4) is 0 Å². The van der Waals surface area contributed by atoms with Gasteiger partial charge in [0.15, 0.2) is 0 Å². The number of rotatable bonds is 3. The second kappa shape index (κ2) is 8.49. The molecule has 0 saturated carbocycles. The smallest absolute Gasteiger partial charge is 0.419 e. The predicted octanol–water partition coefficient (Wildman–Crippen LogP) is 6.02. The Labute approximate surface area is 191 Å². The highest BCUT2D eigenvalue weighted by molar-refractivity contribution is 5.96. The Bertz CT molecular complexity index is 1410. The number of fused-ring (bicyclic) bond motifs is 1. The van der Waals surface area contributed by atoms with Crippen molar-refractivity contribution in [3.63, 3.8) is 0 Å². The van der Waals surface area contributed by atoms with Gasteiger partial charge < -0.3 is 9.47 Å². The lowest BCUT2D eigenvalue weighted by Crippen LogP contribution is -2.27. The van der Waals surface area contributed by atoms with Crippen molar-refractivity contribution in [3.05, 3.63) is 78.0 Å². The Morgan fingerprint density at radius 3 is 2.18 bits per heavy atom. The van der Waals surface area contributed by atoms with E-state index in [4.69, 9.17) is 14.7 Å². The third-order valence-electron chi connectivity index (χ3n) is 4.73. The van der Waals surface area contributed by atoms with Crippen molar-refractivity contribution in [2.24, 2.45) is 0 Å². The first-order valence-corrected chi connectivity index (χ1v) is 10.2. The summed E-state index contributed by atoms with van der Waals surface area (Å²) < 4.78 is 12.8. The lowest BCUT2D eigenvalue weighted by atomic mass is 10.2. The van der Waals surface area contributed by atoms with Crippen LogP contribution in [0.2, 0.25) is 0 Å². The highest BCUT2D eigenvalue weighted by Crippen LogP contribution is 2.30. The van der Waals surface area contributed by atoms with Crippen molar-refractivity contribution in [2.45, 2.75) is 26.4 Å². The molecule has 0 N–H and O–H groups in total. The van der Waals surface area contributed by atoms with Gasteiger partial charge in [0, 0.05) is 5.39 Å². The number of hydrogen-bond acceptors (Lipinski definition) is 6. The molecule has 0 aliphatic carbocycles. The maximum atomic E-state index is 13.1. The fraction of sp³-hybridized carbons (Fsp3) is 0.154. The Morgan fingerprint density at radius 2 is 1.58 bits per heavy atom. The summed E-state index contributed by atoms with van der Waals surface area (Å²) in [7, 11) is 0. The van der Waals surface area contributed by atoms with E-state index in [0.717, 1.165) is 5.39 Å². The van der Waals surface area contributed by atoms with Gasteiger partial charge in [-0.1, -0.05) is 6.07 Å². The quantitative estimate of drug-likeness (QED) is 0.389. The molecule has 2 aromatic carbocycles. The molecule has 2 aromatic heterocycles. The van der Waals surface area contributed by atoms with Crippen molar-refractivity contribution in [1.29, 1.82) is 10.5 Å². The standard InChI is InChI=1S/C26H20N4O3/c1-26(2,3)33-25(31)30-23-12-18(15-28)4-7-19(23)13-24(30)22-11-10-21(16-29-22)32-20-8-5-17(14-27)6-9-20/h4-13,16H,1-3H3. The van der Waals surface area contributed by atoms with Crippen LogP contribution < -0.4 is 4.74 Å². The van der Waals surface area contributed by atoms with Crippen LogP contribution in [0.4, 0.5) is 4.79 Å². The number of hydrogen-bond donors (Lipinski definition) is 0. The van der Waals surface area contributed by atoms with E-state index in [0.29, 0.717) is 39.5 Å². The molecule has 0 aliphatic heterocycles. The first-order chi connectivity index (χ1) is 15.8. The molecule has 0 atom stereocenters. The minimum atomic E-state index is -0.690. The van der Waals surface area contributed by atoms with Gasteiger partial charge in [0.1, 0.15) is 17.1 Å². The number of nitriles is 2. The summed E-state index contributed by atoms with van der Waals surface area (Å²) in [5.41, 5.74) is 1.95. The third-order valence-corrected chi connectivity index (χ3v) is 4.73. The van der Waals surface area contributed by atoms with Crippen molar-refractivity contribution >= 4 is 17.0 Å². The van der Waals surface area contributed by atoms with E-state index < -0.39 is 11.7 Å². The van der Waals surface area contributed by atoms with Crippen molar-refractivity contribution in [1.82, 2.24) is 9.55 Å². The van der Waals surface area contributed by atoms with Crippen LogP contribution in [0.5, 0.6) is 11.5 Å². The van der Waals surface area contributed by atoms with Gasteiger partial charge in [0.25, 0.3) is 0 Å². The summed E-state index contributed by atoms with van der Waals surface area (Å²) in [5.74, 6) is 1.09. The van der Waals surface area contributed by atoms with Gasteiger partial charge >= 0.3 is 6.09 Å². The number of ether oxygens (including phenoxy) is 2. The van der Waals surface area contributed by atoms with Crippen LogP contribution in [-0.4, -0.2) is 21.2 Å². The predicted molar refractivity (Wildman–Crippen MR) is 123 cm³/mol. The summed E-state index contributed by atoms with van der Waals surface area (Å²) in [6, 6.07) is 21.4. The number of nitrogens with zero attached hydrogens (tertiary/aromatic N) is 4. The number of carbonyl (C=O) groups is 1. The molecule has 0 bridgehead atoms. The average molecular weight is 436 g/mol. The van der Waals surface area contributed by atoms with Crippen LogP contribution in [0.15, 0.2) is 66.9 Å². The zero-order valence-corrected chi connectivity index (χ0v) is 18.4. The SMILES string of the molecule is CC(C)(C)OC(=O)n1c(-c2ccc(Oc3ccc(C#N)cc3)cn2)cc2ccc(C#N)cc21. The van der Waals surface area contributed by atoms with Crippen molar-refractivity contribution in [2.75, 3.05) is 0 Å². The Kier molecular flexibility index (Phi) is 5.56.